The van der Waals surface area contributed by atoms with Gasteiger partial charge in [-0.3, -0.25) is 14.2 Å². The molecular formula is C23H18ClN3O3. The van der Waals surface area contributed by atoms with E-state index in [2.05, 4.69) is 10.3 Å². The Hall–Kier alpha value is -3.64. The summed E-state index contributed by atoms with van der Waals surface area (Å²) in [6.07, 6.45) is 0. The van der Waals surface area contributed by atoms with E-state index in [0.29, 0.717) is 44.4 Å². The molecule has 0 bridgehead atoms. The van der Waals surface area contributed by atoms with E-state index in [0.717, 1.165) is 0 Å². The number of methoxy groups -OCH3 is 1. The van der Waals surface area contributed by atoms with Gasteiger partial charge in [-0.2, -0.15) is 0 Å². The quantitative estimate of drug-likeness (QED) is 0.524. The largest absolute Gasteiger partial charge is 0.496 e. The number of nitrogens with one attached hydrogen (secondary N) is 1. The minimum absolute atomic E-state index is 0.140. The topological polar surface area (TPSA) is 73.2 Å². The highest BCUT2D eigenvalue weighted by atomic mass is 35.5. The number of rotatable bonds is 4. The highest BCUT2D eigenvalue weighted by Gasteiger charge is 2.14. The van der Waals surface area contributed by atoms with E-state index < -0.39 is 0 Å². The number of nitrogens with zero attached hydrogens (tertiary/aromatic N) is 2. The number of aryl methyl sites for hydroxylation is 1. The van der Waals surface area contributed by atoms with Gasteiger partial charge in [0.05, 0.1) is 29.3 Å². The van der Waals surface area contributed by atoms with E-state index >= 15 is 0 Å². The molecule has 1 heterocycles. The molecule has 150 valence electrons. The minimum atomic E-state index is -0.345. The van der Waals surface area contributed by atoms with Crippen molar-refractivity contribution in [3.63, 3.8) is 0 Å². The molecule has 0 saturated carbocycles. The Bertz CT molecular complexity index is 1310. The number of carbonyl (C=O) groups is 1. The molecule has 0 aliphatic heterocycles. The number of benzene rings is 3. The molecule has 0 aliphatic rings. The van der Waals surface area contributed by atoms with E-state index in [4.69, 9.17) is 16.3 Å². The summed E-state index contributed by atoms with van der Waals surface area (Å²) < 4.78 is 6.78. The van der Waals surface area contributed by atoms with Crippen molar-refractivity contribution < 1.29 is 9.53 Å². The number of hydrogen-bond acceptors (Lipinski definition) is 4. The summed E-state index contributed by atoms with van der Waals surface area (Å²) in [5.41, 5.74) is 2.09. The van der Waals surface area contributed by atoms with Gasteiger partial charge in [0.25, 0.3) is 11.5 Å². The van der Waals surface area contributed by atoms with Crippen LogP contribution in [-0.2, 0) is 0 Å². The van der Waals surface area contributed by atoms with Crippen molar-refractivity contribution >= 4 is 34.1 Å². The number of amides is 1. The highest BCUT2D eigenvalue weighted by molar-refractivity contribution is 6.31. The van der Waals surface area contributed by atoms with Crippen molar-refractivity contribution in [2.75, 3.05) is 12.4 Å². The first-order valence-electron chi connectivity index (χ1n) is 9.21. The lowest BCUT2D eigenvalue weighted by Crippen LogP contribution is -2.22. The maximum atomic E-state index is 12.9. The number of carbonyl (C=O) groups excluding carboxylic acids is 1. The first-order chi connectivity index (χ1) is 14.5. The summed E-state index contributed by atoms with van der Waals surface area (Å²) in [4.78, 5) is 30.1. The van der Waals surface area contributed by atoms with Crippen molar-refractivity contribution in [1.29, 1.82) is 0 Å². The molecule has 1 amide bonds. The van der Waals surface area contributed by atoms with Crippen LogP contribution in [0.2, 0.25) is 5.02 Å². The second-order valence-electron chi connectivity index (χ2n) is 6.66. The zero-order valence-corrected chi connectivity index (χ0v) is 17.1. The molecule has 4 aromatic rings. The third-order valence-corrected chi connectivity index (χ3v) is 4.97. The van der Waals surface area contributed by atoms with Crippen LogP contribution < -0.4 is 15.6 Å². The molecule has 0 spiro atoms. The molecule has 6 nitrogen and oxygen atoms in total. The van der Waals surface area contributed by atoms with E-state index in [1.54, 1.807) is 60.0 Å². The Labute approximate surface area is 177 Å². The fourth-order valence-corrected chi connectivity index (χ4v) is 3.47. The second-order valence-corrected chi connectivity index (χ2v) is 7.10. The van der Waals surface area contributed by atoms with Gasteiger partial charge in [0.2, 0.25) is 0 Å². The van der Waals surface area contributed by atoms with Crippen molar-refractivity contribution in [3.05, 3.63) is 93.5 Å². The molecule has 7 heteroatoms. The number of anilines is 1. The standard InChI is InChI=1S/C23H18ClN3O3/c1-14-25-20-6-4-3-5-18(20)23(29)27(14)17-10-8-16(9-11-17)26-22(28)19-13-15(24)7-12-21(19)30-2/h3-13H,1-2H3,(H,26,28). The van der Waals surface area contributed by atoms with E-state index in [9.17, 15) is 9.59 Å². The molecule has 0 atom stereocenters. The maximum Gasteiger partial charge on any atom is 0.265 e. The lowest BCUT2D eigenvalue weighted by molar-refractivity contribution is 0.102. The van der Waals surface area contributed by atoms with Gasteiger partial charge in [0.1, 0.15) is 11.6 Å². The van der Waals surface area contributed by atoms with Crippen LogP contribution in [0.5, 0.6) is 5.75 Å². The highest BCUT2D eigenvalue weighted by Crippen LogP contribution is 2.24. The summed E-state index contributed by atoms with van der Waals surface area (Å²) in [6, 6.07) is 19.1. The van der Waals surface area contributed by atoms with Gasteiger partial charge in [-0.25, -0.2) is 4.98 Å². The van der Waals surface area contributed by atoms with Gasteiger partial charge in [0.15, 0.2) is 0 Å². The van der Waals surface area contributed by atoms with Crippen molar-refractivity contribution in [1.82, 2.24) is 9.55 Å². The molecule has 0 saturated heterocycles. The van der Waals surface area contributed by atoms with Gasteiger partial charge in [-0.05, 0) is 61.5 Å². The van der Waals surface area contributed by atoms with Crippen LogP contribution in [0, 0.1) is 6.92 Å². The maximum absolute atomic E-state index is 12.9. The van der Waals surface area contributed by atoms with Crippen LogP contribution in [0.3, 0.4) is 0 Å². The molecule has 4 rings (SSSR count). The van der Waals surface area contributed by atoms with Gasteiger partial charge in [-0.15, -0.1) is 0 Å². The number of hydrogen-bond donors (Lipinski definition) is 1. The van der Waals surface area contributed by atoms with Crippen molar-refractivity contribution in [2.24, 2.45) is 0 Å². The molecule has 1 aromatic heterocycles. The molecule has 0 fully saturated rings. The first kappa shape index (κ1) is 19.7. The molecule has 30 heavy (non-hydrogen) atoms. The Balaban J connectivity index is 1.64. The Kier molecular flexibility index (Phi) is 5.25. The number of fused-ring (bicyclic) bond motifs is 1. The average Bonchev–Trinajstić information content (AvgIpc) is 2.75. The zero-order chi connectivity index (χ0) is 21.3. The Morgan fingerprint density at radius 2 is 1.80 bits per heavy atom. The predicted molar refractivity (Wildman–Crippen MR) is 118 cm³/mol. The molecule has 1 N–H and O–H groups in total. The number of halogens is 1. The summed E-state index contributed by atoms with van der Waals surface area (Å²) in [5, 5.41) is 3.81. The SMILES string of the molecule is COc1ccc(Cl)cc1C(=O)Nc1ccc(-n2c(C)nc3ccccc3c2=O)cc1. The smallest absolute Gasteiger partial charge is 0.265 e. The van der Waals surface area contributed by atoms with E-state index in [1.807, 2.05) is 18.2 Å². The summed E-state index contributed by atoms with van der Waals surface area (Å²) in [6.45, 7) is 1.79. The summed E-state index contributed by atoms with van der Waals surface area (Å²) >= 11 is 6.01. The van der Waals surface area contributed by atoms with E-state index in [-0.39, 0.29) is 11.5 Å². The van der Waals surface area contributed by atoms with Crippen LogP contribution in [0.4, 0.5) is 5.69 Å². The molecule has 0 radical (unpaired) electrons. The molecular weight excluding hydrogens is 402 g/mol. The van der Waals surface area contributed by atoms with Gasteiger partial charge < -0.3 is 10.1 Å². The first-order valence-corrected chi connectivity index (χ1v) is 9.59. The van der Waals surface area contributed by atoms with Crippen LogP contribution in [0.25, 0.3) is 16.6 Å². The third kappa shape index (κ3) is 3.65. The van der Waals surface area contributed by atoms with Crippen molar-refractivity contribution in [2.45, 2.75) is 6.92 Å². The van der Waals surface area contributed by atoms with Gasteiger partial charge in [0, 0.05) is 10.7 Å². The lowest BCUT2D eigenvalue weighted by atomic mass is 10.1. The van der Waals surface area contributed by atoms with Crippen LogP contribution >= 0.6 is 11.6 Å². The fourth-order valence-electron chi connectivity index (χ4n) is 3.30. The van der Waals surface area contributed by atoms with Gasteiger partial charge in [-0.1, -0.05) is 23.7 Å². The molecule has 3 aromatic carbocycles. The zero-order valence-electron chi connectivity index (χ0n) is 16.3. The van der Waals surface area contributed by atoms with Crippen LogP contribution in [0.15, 0.2) is 71.5 Å². The Morgan fingerprint density at radius 3 is 2.53 bits per heavy atom. The van der Waals surface area contributed by atoms with E-state index in [1.165, 1.54) is 7.11 Å². The summed E-state index contributed by atoms with van der Waals surface area (Å²) in [7, 11) is 1.49. The normalized spacial score (nSPS) is 10.8. The monoisotopic (exact) mass is 419 g/mol. The molecule has 0 aliphatic carbocycles. The fraction of sp³-hybridized carbons (Fsp3) is 0.0870. The predicted octanol–water partition coefficient (Wildman–Crippen LogP) is 4.61. The number of ether oxygens (including phenoxy) is 1. The number of aromatic nitrogens is 2. The van der Waals surface area contributed by atoms with Gasteiger partial charge >= 0.3 is 0 Å². The van der Waals surface area contributed by atoms with Crippen LogP contribution in [0.1, 0.15) is 16.2 Å². The molecule has 0 unspecified atom stereocenters. The second kappa shape index (κ2) is 8.00. The third-order valence-electron chi connectivity index (χ3n) is 4.73. The number of para-hydroxylation sites is 1. The Morgan fingerprint density at radius 1 is 1.07 bits per heavy atom. The van der Waals surface area contributed by atoms with Crippen molar-refractivity contribution in [3.8, 4) is 11.4 Å². The van der Waals surface area contributed by atoms with Crippen LogP contribution in [-0.4, -0.2) is 22.6 Å². The lowest BCUT2D eigenvalue weighted by Gasteiger charge is -2.13. The summed E-state index contributed by atoms with van der Waals surface area (Å²) in [5.74, 6) is 0.667. The minimum Gasteiger partial charge on any atom is -0.496 e. The average molecular weight is 420 g/mol.